The van der Waals surface area contributed by atoms with E-state index in [2.05, 4.69) is 19.9 Å². The predicted molar refractivity (Wildman–Crippen MR) is 108 cm³/mol. The smallest absolute Gasteiger partial charge is 0.115 e. The van der Waals surface area contributed by atoms with Crippen LogP contribution in [0.15, 0.2) is 18.2 Å². The molecule has 3 aliphatic rings. The molecule has 3 aliphatic carbocycles. The van der Waals surface area contributed by atoms with Gasteiger partial charge in [0, 0.05) is 13.2 Å². The standard InChI is InChI=1S/C24H36O3/c1-3-14-27-15-4-11-24(26)13-10-22-21-7-5-17-16-18(25)6-8-19(17)20(21)9-12-23(22,24)2/h6,8,16,20-22,25-26H,3-5,7,9-15H2,1-2H3/t20-,21?,22+,23?,24+/m1/s1. The van der Waals surface area contributed by atoms with E-state index < -0.39 is 5.60 Å². The SMILES string of the molecule is CCCOCCC[C@]1(O)CC[C@H]2C3CCc4cc(O)ccc4[C@H]3CCC21C. The molecule has 5 atom stereocenters. The van der Waals surface area contributed by atoms with E-state index in [9.17, 15) is 10.2 Å². The Bertz CT molecular complexity index is 672. The van der Waals surface area contributed by atoms with Crippen molar-refractivity contribution >= 4 is 0 Å². The average Bonchev–Trinajstić information content (AvgIpc) is 2.92. The van der Waals surface area contributed by atoms with Gasteiger partial charge in [-0.3, -0.25) is 0 Å². The minimum absolute atomic E-state index is 0.0490. The average molecular weight is 373 g/mol. The number of hydrogen-bond donors (Lipinski definition) is 2. The first-order chi connectivity index (χ1) is 13.0. The largest absolute Gasteiger partial charge is 0.508 e. The zero-order valence-electron chi connectivity index (χ0n) is 17.0. The van der Waals surface area contributed by atoms with Crippen molar-refractivity contribution in [3.05, 3.63) is 29.3 Å². The number of fused-ring (bicyclic) bond motifs is 5. The minimum atomic E-state index is -0.520. The lowest BCUT2D eigenvalue weighted by Gasteiger charge is -2.53. The van der Waals surface area contributed by atoms with Gasteiger partial charge in [-0.25, -0.2) is 0 Å². The van der Waals surface area contributed by atoms with Crippen molar-refractivity contribution in [2.45, 2.75) is 83.2 Å². The summed E-state index contributed by atoms with van der Waals surface area (Å²) in [5, 5.41) is 21.5. The zero-order valence-corrected chi connectivity index (χ0v) is 17.0. The first-order valence-corrected chi connectivity index (χ1v) is 11.1. The lowest BCUT2D eigenvalue weighted by molar-refractivity contribution is -0.110. The van der Waals surface area contributed by atoms with E-state index in [1.54, 1.807) is 0 Å². The maximum atomic E-state index is 11.6. The highest BCUT2D eigenvalue weighted by molar-refractivity contribution is 5.40. The van der Waals surface area contributed by atoms with Gasteiger partial charge in [0.2, 0.25) is 0 Å². The van der Waals surface area contributed by atoms with E-state index in [0.29, 0.717) is 23.5 Å². The van der Waals surface area contributed by atoms with Crippen LogP contribution in [-0.2, 0) is 11.2 Å². The van der Waals surface area contributed by atoms with E-state index in [4.69, 9.17) is 4.74 Å². The molecular weight excluding hydrogens is 336 g/mol. The van der Waals surface area contributed by atoms with E-state index in [1.165, 1.54) is 24.0 Å². The van der Waals surface area contributed by atoms with Crippen LogP contribution in [0.5, 0.6) is 5.75 Å². The van der Waals surface area contributed by atoms with Crippen LogP contribution >= 0.6 is 0 Å². The topological polar surface area (TPSA) is 49.7 Å². The molecule has 0 amide bonds. The number of rotatable bonds is 6. The van der Waals surface area contributed by atoms with Gasteiger partial charge in [0.15, 0.2) is 0 Å². The van der Waals surface area contributed by atoms with Crippen molar-refractivity contribution in [1.29, 1.82) is 0 Å². The number of aliphatic hydroxyl groups is 1. The van der Waals surface area contributed by atoms with Crippen molar-refractivity contribution in [2.75, 3.05) is 13.2 Å². The normalized spacial score (nSPS) is 37.5. The summed E-state index contributed by atoms with van der Waals surface area (Å²) >= 11 is 0. The Hall–Kier alpha value is -1.06. The number of phenols is 1. The van der Waals surface area contributed by atoms with Crippen LogP contribution in [0.2, 0.25) is 0 Å². The fourth-order valence-electron chi connectivity index (χ4n) is 6.80. The second-order valence-corrected chi connectivity index (χ2v) is 9.54. The summed E-state index contributed by atoms with van der Waals surface area (Å²) in [4.78, 5) is 0. The Kier molecular flexibility index (Phi) is 5.28. The van der Waals surface area contributed by atoms with Gasteiger partial charge >= 0.3 is 0 Å². The first kappa shape index (κ1) is 19.3. The molecule has 3 nitrogen and oxygen atoms in total. The van der Waals surface area contributed by atoms with Crippen LogP contribution in [0.3, 0.4) is 0 Å². The predicted octanol–water partition coefficient (Wildman–Crippen LogP) is 5.19. The maximum Gasteiger partial charge on any atom is 0.115 e. The van der Waals surface area contributed by atoms with Crippen LogP contribution in [0.1, 0.15) is 82.3 Å². The molecule has 27 heavy (non-hydrogen) atoms. The number of phenolic OH excluding ortho intramolecular Hbond substituents is 1. The number of aromatic hydroxyl groups is 1. The molecule has 0 spiro atoms. The maximum absolute atomic E-state index is 11.6. The van der Waals surface area contributed by atoms with Crippen LogP contribution < -0.4 is 0 Å². The Morgan fingerprint density at radius 1 is 1.15 bits per heavy atom. The number of hydrogen-bond acceptors (Lipinski definition) is 3. The highest BCUT2D eigenvalue weighted by Crippen LogP contribution is 2.65. The molecular formula is C24H36O3. The minimum Gasteiger partial charge on any atom is -0.508 e. The zero-order chi connectivity index (χ0) is 19.1. The van der Waals surface area contributed by atoms with Gasteiger partial charge in [-0.1, -0.05) is 19.9 Å². The molecule has 0 bridgehead atoms. The van der Waals surface area contributed by atoms with Crippen LogP contribution in [0.4, 0.5) is 0 Å². The fourth-order valence-corrected chi connectivity index (χ4v) is 6.80. The van der Waals surface area contributed by atoms with Gasteiger partial charge in [-0.05, 0) is 104 Å². The summed E-state index contributed by atoms with van der Waals surface area (Å²) in [7, 11) is 0. The highest BCUT2D eigenvalue weighted by Gasteiger charge is 2.60. The summed E-state index contributed by atoms with van der Waals surface area (Å²) in [6.07, 6.45) is 9.59. The molecule has 4 rings (SSSR count). The van der Waals surface area contributed by atoms with Gasteiger partial charge in [0.1, 0.15) is 5.75 Å². The summed E-state index contributed by atoms with van der Waals surface area (Å²) < 4.78 is 5.66. The van der Waals surface area contributed by atoms with E-state index >= 15 is 0 Å². The molecule has 0 heterocycles. The fraction of sp³-hybridized carbons (Fsp3) is 0.750. The monoisotopic (exact) mass is 372 g/mol. The van der Waals surface area contributed by atoms with Crippen molar-refractivity contribution in [2.24, 2.45) is 17.3 Å². The number of ether oxygens (including phenoxy) is 1. The van der Waals surface area contributed by atoms with Gasteiger partial charge in [-0.15, -0.1) is 0 Å². The van der Waals surface area contributed by atoms with Gasteiger partial charge in [0.25, 0.3) is 0 Å². The highest BCUT2D eigenvalue weighted by atomic mass is 16.5. The van der Waals surface area contributed by atoms with Gasteiger partial charge in [-0.2, -0.15) is 0 Å². The quantitative estimate of drug-likeness (QED) is 0.676. The van der Waals surface area contributed by atoms with Crippen LogP contribution in [0.25, 0.3) is 0 Å². The molecule has 2 fully saturated rings. The molecule has 2 N–H and O–H groups in total. The molecule has 0 radical (unpaired) electrons. The van der Waals surface area contributed by atoms with Crippen molar-refractivity contribution < 1.29 is 14.9 Å². The third-order valence-electron chi connectivity index (χ3n) is 8.26. The van der Waals surface area contributed by atoms with E-state index in [1.807, 2.05) is 12.1 Å². The molecule has 2 unspecified atom stereocenters. The third-order valence-corrected chi connectivity index (χ3v) is 8.26. The molecule has 3 heteroatoms. The molecule has 2 saturated carbocycles. The van der Waals surface area contributed by atoms with Crippen LogP contribution in [0, 0.1) is 17.3 Å². The Morgan fingerprint density at radius 3 is 2.81 bits per heavy atom. The molecule has 0 aliphatic heterocycles. The Labute approximate surface area is 164 Å². The summed E-state index contributed by atoms with van der Waals surface area (Å²) in [5.41, 5.74) is 2.34. The van der Waals surface area contributed by atoms with E-state index in [0.717, 1.165) is 58.2 Å². The molecule has 0 aromatic heterocycles. The summed E-state index contributed by atoms with van der Waals surface area (Å²) in [6, 6.07) is 5.99. The van der Waals surface area contributed by atoms with Crippen molar-refractivity contribution in [3.63, 3.8) is 0 Å². The lowest BCUT2D eigenvalue weighted by atomic mass is 9.53. The van der Waals surface area contributed by atoms with Gasteiger partial charge < -0.3 is 14.9 Å². The van der Waals surface area contributed by atoms with E-state index in [-0.39, 0.29) is 5.41 Å². The molecule has 150 valence electrons. The first-order valence-electron chi connectivity index (χ1n) is 11.1. The summed E-state index contributed by atoms with van der Waals surface area (Å²) in [5.74, 6) is 2.32. The third kappa shape index (κ3) is 3.21. The molecule has 1 aromatic carbocycles. The molecule has 1 aromatic rings. The summed E-state index contributed by atoms with van der Waals surface area (Å²) in [6.45, 7) is 6.12. The molecule has 0 saturated heterocycles. The number of benzene rings is 1. The van der Waals surface area contributed by atoms with Crippen LogP contribution in [-0.4, -0.2) is 29.0 Å². The lowest BCUT2D eigenvalue weighted by Crippen LogP contribution is -2.50. The Balaban J connectivity index is 1.49. The second-order valence-electron chi connectivity index (χ2n) is 9.54. The van der Waals surface area contributed by atoms with Gasteiger partial charge in [0.05, 0.1) is 5.60 Å². The number of aryl methyl sites for hydroxylation is 1. The van der Waals surface area contributed by atoms with Crippen molar-refractivity contribution in [1.82, 2.24) is 0 Å². The van der Waals surface area contributed by atoms with Crippen molar-refractivity contribution in [3.8, 4) is 5.75 Å². The Morgan fingerprint density at radius 2 is 2.00 bits per heavy atom. The second kappa shape index (κ2) is 7.40.